The molecular formula is C16H18N2O6S. The fourth-order valence-electron chi connectivity index (χ4n) is 2.13. The van der Waals surface area contributed by atoms with Crippen molar-refractivity contribution in [3.63, 3.8) is 0 Å². The van der Waals surface area contributed by atoms with Crippen LogP contribution < -0.4 is 14.2 Å². The average molecular weight is 366 g/mol. The maximum absolute atomic E-state index is 12.1. The van der Waals surface area contributed by atoms with Crippen molar-refractivity contribution in [1.82, 2.24) is 4.72 Å². The number of hydrogen-bond acceptors (Lipinski definition) is 6. The van der Waals surface area contributed by atoms with Gasteiger partial charge in [0.25, 0.3) is 5.69 Å². The predicted molar refractivity (Wildman–Crippen MR) is 92.2 cm³/mol. The highest BCUT2D eigenvalue weighted by atomic mass is 32.2. The molecule has 0 atom stereocenters. The molecule has 2 aromatic carbocycles. The first-order valence-electron chi connectivity index (χ1n) is 7.38. The van der Waals surface area contributed by atoms with Crippen LogP contribution in [0.4, 0.5) is 5.69 Å². The smallest absolute Gasteiger partial charge is 0.269 e. The number of sulfonamides is 1. The molecule has 0 unspecified atom stereocenters. The number of ether oxygens (including phenoxy) is 2. The van der Waals surface area contributed by atoms with Gasteiger partial charge in [0.1, 0.15) is 6.61 Å². The van der Waals surface area contributed by atoms with E-state index in [0.717, 1.165) is 0 Å². The van der Waals surface area contributed by atoms with Gasteiger partial charge in [-0.2, -0.15) is 0 Å². The fraction of sp³-hybridized carbons (Fsp3) is 0.250. The molecule has 0 bridgehead atoms. The molecule has 2 aromatic rings. The molecule has 0 saturated heterocycles. The lowest BCUT2D eigenvalue weighted by atomic mass is 10.2. The zero-order valence-electron chi connectivity index (χ0n) is 13.5. The van der Waals surface area contributed by atoms with Gasteiger partial charge < -0.3 is 9.47 Å². The van der Waals surface area contributed by atoms with E-state index in [-0.39, 0.29) is 24.6 Å². The van der Waals surface area contributed by atoms with E-state index in [4.69, 9.17) is 9.47 Å². The topological polar surface area (TPSA) is 108 Å². The minimum atomic E-state index is -3.63. The Hall–Kier alpha value is -2.65. The summed E-state index contributed by atoms with van der Waals surface area (Å²) in [6.07, 6.45) is 0. The number of benzene rings is 2. The van der Waals surface area contributed by atoms with Gasteiger partial charge in [-0.3, -0.25) is 10.1 Å². The molecule has 0 heterocycles. The van der Waals surface area contributed by atoms with E-state index in [2.05, 4.69) is 4.72 Å². The largest absolute Gasteiger partial charge is 0.493 e. The van der Waals surface area contributed by atoms with Gasteiger partial charge in [0.15, 0.2) is 11.5 Å². The second kappa shape index (κ2) is 8.45. The van der Waals surface area contributed by atoms with E-state index in [1.54, 1.807) is 24.3 Å². The van der Waals surface area contributed by atoms with Crippen LogP contribution in [0.5, 0.6) is 11.5 Å². The summed E-state index contributed by atoms with van der Waals surface area (Å²) in [6, 6.07) is 12.6. The van der Waals surface area contributed by atoms with E-state index < -0.39 is 14.9 Å². The van der Waals surface area contributed by atoms with Crippen molar-refractivity contribution < 1.29 is 22.8 Å². The summed E-state index contributed by atoms with van der Waals surface area (Å²) in [5.74, 6) is 0.730. The Bertz CT molecular complexity index is 838. The van der Waals surface area contributed by atoms with Crippen molar-refractivity contribution in [3.8, 4) is 11.5 Å². The molecule has 0 saturated carbocycles. The van der Waals surface area contributed by atoms with Crippen LogP contribution in [-0.2, 0) is 15.8 Å². The summed E-state index contributed by atoms with van der Waals surface area (Å²) < 4.78 is 37.1. The summed E-state index contributed by atoms with van der Waals surface area (Å²) in [7, 11) is -2.11. The SMILES string of the molecule is COc1ccccc1OCCNS(=O)(=O)Cc1cccc([N+](=O)[O-])c1. The predicted octanol–water partition coefficient (Wildman–Crippen LogP) is 2.10. The Balaban J connectivity index is 1.87. The van der Waals surface area contributed by atoms with Crippen LogP contribution in [0.3, 0.4) is 0 Å². The molecule has 0 aromatic heterocycles. The molecule has 0 aliphatic carbocycles. The second-order valence-corrected chi connectivity index (χ2v) is 6.89. The van der Waals surface area contributed by atoms with E-state index in [1.165, 1.54) is 31.4 Å². The lowest BCUT2D eigenvalue weighted by Gasteiger charge is -2.11. The summed E-state index contributed by atoms with van der Waals surface area (Å²) in [5.41, 5.74) is 0.194. The molecule has 25 heavy (non-hydrogen) atoms. The Morgan fingerprint density at radius 1 is 1.12 bits per heavy atom. The van der Waals surface area contributed by atoms with Gasteiger partial charge in [0.2, 0.25) is 10.0 Å². The second-order valence-electron chi connectivity index (χ2n) is 5.08. The molecule has 0 aliphatic rings. The zero-order valence-corrected chi connectivity index (χ0v) is 14.4. The molecular weight excluding hydrogens is 348 g/mol. The van der Waals surface area contributed by atoms with Crippen LogP contribution in [0.25, 0.3) is 0 Å². The lowest BCUT2D eigenvalue weighted by Crippen LogP contribution is -2.29. The Morgan fingerprint density at radius 2 is 1.84 bits per heavy atom. The van der Waals surface area contributed by atoms with Crippen molar-refractivity contribution in [1.29, 1.82) is 0 Å². The number of nitro groups is 1. The number of para-hydroxylation sites is 2. The maximum atomic E-state index is 12.1. The van der Waals surface area contributed by atoms with Crippen LogP contribution >= 0.6 is 0 Å². The van der Waals surface area contributed by atoms with Gasteiger partial charge >= 0.3 is 0 Å². The zero-order chi connectivity index (χ0) is 18.3. The number of nitro benzene ring substituents is 1. The molecule has 134 valence electrons. The highest BCUT2D eigenvalue weighted by Crippen LogP contribution is 2.25. The third kappa shape index (κ3) is 5.73. The van der Waals surface area contributed by atoms with E-state index in [1.807, 2.05) is 0 Å². The van der Waals surface area contributed by atoms with Crippen molar-refractivity contribution in [2.24, 2.45) is 0 Å². The molecule has 8 nitrogen and oxygen atoms in total. The molecule has 0 fully saturated rings. The first kappa shape index (κ1) is 18.7. The number of nitrogens with one attached hydrogen (secondary N) is 1. The van der Waals surface area contributed by atoms with E-state index in [0.29, 0.717) is 17.1 Å². The van der Waals surface area contributed by atoms with Crippen molar-refractivity contribution in [3.05, 3.63) is 64.2 Å². The summed E-state index contributed by atoms with van der Waals surface area (Å²) >= 11 is 0. The molecule has 0 amide bonds. The van der Waals surface area contributed by atoms with Crippen molar-refractivity contribution in [2.75, 3.05) is 20.3 Å². The van der Waals surface area contributed by atoms with Crippen LogP contribution in [-0.4, -0.2) is 33.6 Å². The minimum absolute atomic E-state index is 0.0648. The van der Waals surface area contributed by atoms with Crippen LogP contribution in [0, 0.1) is 10.1 Å². The van der Waals surface area contributed by atoms with Gasteiger partial charge in [-0.05, 0) is 17.7 Å². The highest BCUT2D eigenvalue weighted by molar-refractivity contribution is 7.88. The first-order valence-corrected chi connectivity index (χ1v) is 9.03. The van der Waals surface area contributed by atoms with Crippen LogP contribution in [0.2, 0.25) is 0 Å². The van der Waals surface area contributed by atoms with Crippen molar-refractivity contribution >= 4 is 15.7 Å². The van der Waals surface area contributed by atoms with Gasteiger partial charge in [-0.15, -0.1) is 0 Å². The standard InChI is InChI=1S/C16H18N2O6S/c1-23-15-7-2-3-8-16(15)24-10-9-17-25(21,22)12-13-5-4-6-14(11-13)18(19)20/h2-8,11,17H,9-10,12H2,1H3. The fourth-order valence-corrected chi connectivity index (χ4v) is 3.24. The Morgan fingerprint density at radius 3 is 2.52 bits per heavy atom. The monoisotopic (exact) mass is 366 g/mol. The molecule has 9 heteroatoms. The summed E-state index contributed by atoms with van der Waals surface area (Å²) in [4.78, 5) is 10.2. The summed E-state index contributed by atoms with van der Waals surface area (Å²) in [5, 5.41) is 10.7. The maximum Gasteiger partial charge on any atom is 0.269 e. The number of methoxy groups -OCH3 is 1. The van der Waals surface area contributed by atoms with E-state index >= 15 is 0 Å². The number of rotatable bonds is 9. The van der Waals surface area contributed by atoms with Gasteiger partial charge in [-0.25, -0.2) is 13.1 Å². The molecule has 1 N–H and O–H groups in total. The average Bonchev–Trinajstić information content (AvgIpc) is 2.59. The van der Waals surface area contributed by atoms with Crippen LogP contribution in [0.1, 0.15) is 5.56 Å². The lowest BCUT2D eigenvalue weighted by molar-refractivity contribution is -0.384. The van der Waals surface area contributed by atoms with Crippen LogP contribution in [0.15, 0.2) is 48.5 Å². The minimum Gasteiger partial charge on any atom is -0.493 e. The van der Waals surface area contributed by atoms with Crippen molar-refractivity contribution in [2.45, 2.75) is 5.75 Å². The third-order valence-corrected chi connectivity index (χ3v) is 4.59. The first-order chi connectivity index (χ1) is 11.9. The summed E-state index contributed by atoms with van der Waals surface area (Å²) in [6.45, 7) is 0.184. The Labute approximate surface area is 145 Å². The molecule has 0 spiro atoms. The van der Waals surface area contributed by atoms with Gasteiger partial charge in [-0.1, -0.05) is 24.3 Å². The van der Waals surface area contributed by atoms with Gasteiger partial charge in [0.05, 0.1) is 17.8 Å². The highest BCUT2D eigenvalue weighted by Gasteiger charge is 2.14. The quantitative estimate of drug-likeness (QED) is 0.414. The normalized spacial score (nSPS) is 11.1. The molecule has 0 aliphatic heterocycles. The number of non-ortho nitro benzene ring substituents is 1. The molecule has 2 rings (SSSR count). The van der Waals surface area contributed by atoms with E-state index in [9.17, 15) is 18.5 Å². The third-order valence-electron chi connectivity index (χ3n) is 3.23. The van der Waals surface area contributed by atoms with Gasteiger partial charge in [0, 0.05) is 18.7 Å². The number of hydrogen-bond donors (Lipinski definition) is 1. The number of nitrogens with zero attached hydrogens (tertiary/aromatic N) is 1. The Kier molecular flexibility index (Phi) is 6.31. The molecule has 0 radical (unpaired) electrons.